The van der Waals surface area contributed by atoms with Crippen LogP contribution in [-0.4, -0.2) is 17.0 Å². The molecule has 0 radical (unpaired) electrons. The second-order valence-electron chi connectivity index (χ2n) is 6.25. The minimum absolute atomic E-state index is 0.215. The van der Waals surface area contributed by atoms with Crippen LogP contribution in [0.25, 0.3) is 15.0 Å². The first kappa shape index (κ1) is 14.8. The van der Waals surface area contributed by atoms with E-state index in [1.165, 1.54) is 47.2 Å². The van der Waals surface area contributed by atoms with Crippen molar-refractivity contribution in [1.29, 1.82) is 0 Å². The number of nitrogens with zero attached hydrogens (tertiary/aromatic N) is 1. The number of esters is 1. The molecule has 0 aliphatic heterocycles. The number of ether oxygens (including phenoxy) is 1. The van der Waals surface area contributed by atoms with Gasteiger partial charge < -0.3 is 4.74 Å². The van der Waals surface area contributed by atoms with E-state index in [2.05, 4.69) is 28.7 Å². The first-order valence-corrected chi connectivity index (χ1v) is 9.31. The molecule has 0 bridgehead atoms. The fraction of sp³-hybridized carbons (Fsp3) is 0.421. The van der Waals surface area contributed by atoms with Crippen LogP contribution in [0.3, 0.4) is 0 Å². The number of carbonyl (C=O) groups is 1. The number of fused-ring (bicyclic) bond motifs is 3. The number of aromatic nitrogens is 1. The maximum atomic E-state index is 12.5. The van der Waals surface area contributed by atoms with Gasteiger partial charge in [-0.05, 0) is 49.4 Å². The van der Waals surface area contributed by atoms with Crippen molar-refractivity contribution in [3.8, 4) is 0 Å². The standard InChI is InChI=1S/C19H21NO2S/c1-2-22-19(21)16-12-14(13-8-4-3-5-9-13)18-20(16)15-10-6-7-11-17(15)23-18/h6-7,10-13H,2-5,8-9H2,1H3. The van der Waals surface area contributed by atoms with Crippen molar-refractivity contribution < 1.29 is 9.53 Å². The van der Waals surface area contributed by atoms with Crippen molar-refractivity contribution in [2.24, 2.45) is 0 Å². The van der Waals surface area contributed by atoms with Crippen molar-refractivity contribution in [2.75, 3.05) is 6.61 Å². The van der Waals surface area contributed by atoms with Crippen molar-refractivity contribution in [3.05, 3.63) is 41.6 Å². The van der Waals surface area contributed by atoms with Gasteiger partial charge in [0.1, 0.15) is 10.5 Å². The zero-order valence-corrected chi connectivity index (χ0v) is 14.2. The van der Waals surface area contributed by atoms with Crippen LogP contribution in [0.4, 0.5) is 0 Å². The summed E-state index contributed by atoms with van der Waals surface area (Å²) < 4.78 is 8.64. The molecule has 120 valence electrons. The van der Waals surface area contributed by atoms with Crippen LogP contribution in [-0.2, 0) is 4.74 Å². The quantitative estimate of drug-likeness (QED) is 0.605. The van der Waals surface area contributed by atoms with E-state index in [9.17, 15) is 4.79 Å². The second kappa shape index (κ2) is 6.00. The van der Waals surface area contributed by atoms with Gasteiger partial charge in [0, 0.05) is 0 Å². The number of benzene rings is 1. The summed E-state index contributed by atoms with van der Waals surface area (Å²) in [6.07, 6.45) is 6.39. The van der Waals surface area contributed by atoms with E-state index < -0.39 is 0 Å². The SMILES string of the molecule is CCOC(=O)c1cc(C2CCCCC2)c2sc3ccccc3n12. The van der Waals surface area contributed by atoms with Crippen LogP contribution in [0.5, 0.6) is 0 Å². The number of carbonyl (C=O) groups excluding carboxylic acids is 1. The number of rotatable bonds is 3. The van der Waals surface area contributed by atoms with Crippen molar-refractivity contribution in [3.63, 3.8) is 0 Å². The molecular weight excluding hydrogens is 306 g/mol. The van der Waals surface area contributed by atoms with Gasteiger partial charge in [0.05, 0.1) is 16.8 Å². The third-order valence-electron chi connectivity index (χ3n) is 4.83. The van der Waals surface area contributed by atoms with Crippen LogP contribution in [0, 0.1) is 0 Å². The molecule has 3 nitrogen and oxygen atoms in total. The average Bonchev–Trinajstić information content (AvgIpc) is 3.13. The van der Waals surface area contributed by atoms with Gasteiger partial charge in [0.15, 0.2) is 0 Å². The van der Waals surface area contributed by atoms with E-state index in [-0.39, 0.29) is 5.97 Å². The van der Waals surface area contributed by atoms with E-state index in [1.54, 1.807) is 11.3 Å². The monoisotopic (exact) mass is 327 g/mol. The molecule has 1 aliphatic carbocycles. The van der Waals surface area contributed by atoms with Gasteiger partial charge in [-0.25, -0.2) is 4.79 Å². The van der Waals surface area contributed by atoms with Gasteiger partial charge >= 0.3 is 5.97 Å². The number of para-hydroxylation sites is 1. The van der Waals surface area contributed by atoms with Gasteiger partial charge in [-0.15, -0.1) is 11.3 Å². The highest BCUT2D eigenvalue weighted by Crippen LogP contribution is 2.40. The van der Waals surface area contributed by atoms with Crippen LogP contribution < -0.4 is 0 Å². The molecule has 0 atom stereocenters. The van der Waals surface area contributed by atoms with Gasteiger partial charge in [0.2, 0.25) is 0 Å². The lowest BCUT2D eigenvalue weighted by Gasteiger charge is -2.20. The number of hydrogen-bond acceptors (Lipinski definition) is 3. The van der Waals surface area contributed by atoms with E-state index in [1.807, 2.05) is 13.0 Å². The molecule has 23 heavy (non-hydrogen) atoms. The minimum Gasteiger partial charge on any atom is -0.461 e. The largest absolute Gasteiger partial charge is 0.461 e. The third-order valence-corrected chi connectivity index (χ3v) is 6.00. The zero-order valence-electron chi connectivity index (χ0n) is 13.4. The Kier molecular flexibility index (Phi) is 3.85. The van der Waals surface area contributed by atoms with Gasteiger partial charge in [-0.1, -0.05) is 31.4 Å². The van der Waals surface area contributed by atoms with Crippen molar-refractivity contribution in [1.82, 2.24) is 4.40 Å². The maximum Gasteiger partial charge on any atom is 0.355 e. The normalized spacial score (nSPS) is 16.2. The van der Waals surface area contributed by atoms with E-state index in [0.717, 1.165) is 5.52 Å². The van der Waals surface area contributed by atoms with Crippen LogP contribution in [0.1, 0.15) is 61.0 Å². The van der Waals surface area contributed by atoms with E-state index in [4.69, 9.17) is 4.74 Å². The van der Waals surface area contributed by atoms with E-state index >= 15 is 0 Å². The molecule has 0 N–H and O–H groups in total. The second-order valence-corrected chi connectivity index (χ2v) is 7.28. The Morgan fingerprint density at radius 1 is 1.26 bits per heavy atom. The third kappa shape index (κ3) is 2.45. The highest BCUT2D eigenvalue weighted by molar-refractivity contribution is 7.24. The Morgan fingerprint density at radius 3 is 2.83 bits per heavy atom. The fourth-order valence-electron chi connectivity index (χ4n) is 3.75. The molecule has 0 spiro atoms. The van der Waals surface area contributed by atoms with Crippen molar-refractivity contribution in [2.45, 2.75) is 44.9 Å². The predicted molar refractivity (Wildman–Crippen MR) is 94.6 cm³/mol. The summed E-state index contributed by atoms with van der Waals surface area (Å²) in [5.74, 6) is 0.364. The first-order chi connectivity index (χ1) is 11.3. The number of thiazole rings is 1. The molecule has 3 aromatic rings. The van der Waals surface area contributed by atoms with Crippen LogP contribution >= 0.6 is 11.3 Å². The van der Waals surface area contributed by atoms with Crippen LogP contribution in [0.2, 0.25) is 0 Å². The summed E-state index contributed by atoms with van der Waals surface area (Å²) in [7, 11) is 0. The molecule has 2 heterocycles. The summed E-state index contributed by atoms with van der Waals surface area (Å²) in [6, 6.07) is 10.4. The Hall–Kier alpha value is -1.81. The lowest BCUT2D eigenvalue weighted by atomic mass is 9.85. The molecule has 4 rings (SSSR count). The van der Waals surface area contributed by atoms with Gasteiger partial charge in [0.25, 0.3) is 0 Å². The Balaban J connectivity index is 1.94. The lowest BCUT2D eigenvalue weighted by molar-refractivity contribution is 0.0519. The Bertz CT molecular complexity index is 855. The molecule has 4 heteroatoms. The molecule has 0 saturated heterocycles. The molecule has 1 fully saturated rings. The Morgan fingerprint density at radius 2 is 2.04 bits per heavy atom. The molecule has 1 saturated carbocycles. The fourth-order valence-corrected chi connectivity index (χ4v) is 5.00. The average molecular weight is 327 g/mol. The Labute approximate surface area is 139 Å². The molecule has 2 aromatic heterocycles. The summed E-state index contributed by atoms with van der Waals surface area (Å²) in [6.45, 7) is 2.27. The first-order valence-electron chi connectivity index (χ1n) is 8.49. The molecule has 1 aromatic carbocycles. The topological polar surface area (TPSA) is 30.7 Å². The molecule has 1 aliphatic rings. The summed E-state index contributed by atoms with van der Waals surface area (Å²) in [5, 5.41) is 0. The molecule has 0 unspecified atom stereocenters. The van der Waals surface area contributed by atoms with Crippen LogP contribution in [0.15, 0.2) is 30.3 Å². The highest BCUT2D eigenvalue weighted by Gasteiger charge is 2.25. The van der Waals surface area contributed by atoms with Gasteiger partial charge in [-0.3, -0.25) is 4.40 Å². The lowest BCUT2D eigenvalue weighted by Crippen LogP contribution is -2.07. The summed E-state index contributed by atoms with van der Waals surface area (Å²) >= 11 is 1.79. The molecular formula is C19H21NO2S. The summed E-state index contributed by atoms with van der Waals surface area (Å²) in [4.78, 5) is 13.7. The van der Waals surface area contributed by atoms with Crippen molar-refractivity contribution >= 4 is 32.4 Å². The maximum absolute atomic E-state index is 12.5. The smallest absolute Gasteiger partial charge is 0.355 e. The van der Waals surface area contributed by atoms with Gasteiger partial charge in [-0.2, -0.15) is 0 Å². The predicted octanol–water partition coefficient (Wildman–Crippen LogP) is 5.38. The summed E-state index contributed by atoms with van der Waals surface area (Å²) in [5.41, 5.74) is 3.13. The number of hydrogen-bond donors (Lipinski definition) is 0. The zero-order chi connectivity index (χ0) is 15.8. The van der Waals surface area contributed by atoms with E-state index in [0.29, 0.717) is 18.2 Å². The minimum atomic E-state index is -0.215. The highest BCUT2D eigenvalue weighted by atomic mass is 32.1. The molecule has 0 amide bonds.